The van der Waals surface area contributed by atoms with Crippen molar-refractivity contribution in [2.45, 2.75) is 50.2 Å². The molecule has 2 aliphatic heterocycles. The van der Waals surface area contributed by atoms with Crippen LogP contribution < -0.4 is 0 Å². The zero-order valence-electron chi connectivity index (χ0n) is 12.9. The second-order valence-corrected chi connectivity index (χ2v) is 6.39. The van der Waals surface area contributed by atoms with Crippen LogP contribution in [0.5, 0.6) is 0 Å². The van der Waals surface area contributed by atoms with Gasteiger partial charge in [0.2, 0.25) is 5.91 Å². The highest BCUT2D eigenvalue weighted by atomic mass is 19.4. The van der Waals surface area contributed by atoms with Gasteiger partial charge in [0.1, 0.15) is 0 Å². The fourth-order valence-corrected chi connectivity index (χ4v) is 3.37. The predicted molar refractivity (Wildman–Crippen MR) is 72.0 cm³/mol. The molecule has 0 aromatic carbocycles. The number of carbonyl (C=O) groups is 1. The standard InChI is InChI=1S/C14H20F6N2O2/c15-13(16,17)9-3-1-6-22(7-9)11(23)8-21-5-2-4-10(21)12(24)14(18,19)20/h9-10,12,24H,1-8H2/t9-,10+,12-/m0/s1. The van der Waals surface area contributed by atoms with Crippen molar-refractivity contribution in [2.24, 2.45) is 5.92 Å². The number of nitrogens with zero attached hydrogens (tertiary/aromatic N) is 2. The SMILES string of the molecule is O=C(CN1CCC[C@@H]1[C@H](O)C(F)(F)F)N1CCC[C@H](C(F)(F)F)C1. The Hall–Kier alpha value is -1.03. The van der Waals surface area contributed by atoms with Gasteiger partial charge in [-0.25, -0.2) is 0 Å². The highest BCUT2D eigenvalue weighted by molar-refractivity contribution is 5.78. The minimum absolute atomic E-state index is 0.0492. The van der Waals surface area contributed by atoms with Crippen LogP contribution in [-0.4, -0.2) is 71.5 Å². The molecule has 0 aromatic rings. The third-order valence-corrected chi connectivity index (χ3v) is 4.69. The number of carbonyl (C=O) groups excluding carboxylic acids is 1. The number of aliphatic hydroxyl groups is 1. The van der Waals surface area contributed by atoms with E-state index in [1.807, 2.05) is 0 Å². The zero-order valence-corrected chi connectivity index (χ0v) is 12.9. The van der Waals surface area contributed by atoms with E-state index in [9.17, 15) is 36.2 Å². The van der Waals surface area contributed by atoms with Gasteiger partial charge in [-0.1, -0.05) is 0 Å². The van der Waals surface area contributed by atoms with Gasteiger partial charge >= 0.3 is 12.4 Å². The molecule has 0 aliphatic carbocycles. The predicted octanol–water partition coefficient (Wildman–Crippen LogP) is 2.17. The Labute approximate surface area is 135 Å². The van der Waals surface area contributed by atoms with Crippen molar-refractivity contribution in [3.8, 4) is 0 Å². The van der Waals surface area contributed by atoms with Crippen LogP contribution in [0.1, 0.15) is 25.7 Å². The molecule has 2 fully saturated rings. The average molecular weight is 362 g/mol. The number of likely N-dealkylation sites (tertiary alicyclic amines) is 2. The maximum Gasteiger partial charge on any atom is 0.415 e. The number of hydrogen-bond acceptors (Lipinski definition) is 3. The fraction of sp³-hybridized carbons (Fsp3) is 0.929. The van der Waals surface area contributed by atoms with Gasteiger partial charge in [-0.2, -0.15) is 26.3 Å². The third-order valence-electron chi connectivity index (χ3n) is 4.69. The first kappa shape index (κ1) is 19.3. The molecule has 0 aromatic heterocycles. The van der Waals surface area contributed by atoms with Crippen LogP contribution in [0.3, 0.4) is 0 Å². The summed E-state index contributed by atoms with van der Waals surface area (Å²) in [6.45, 7) is -0.475. The molecule has 2 aliphatic rings. The molecule has 3 atom stereocenters. The van der Waals surface area contributed by atoms with Gasteiger partial charge in [0, 0.05) is 19.1 Å². The summed E-state index contributed by atoms with van der Waals surface area (Å²) >= 11 is 0. The smallest absolute Gasteiger partial charge is 0.382 e. The first-order valence-electron chi connectivity index (χ1n) is 7.83. The van der Waals surface area contributed by atoms with Crippen LogP contribution >= 0.6 is 0 Å². The van der Waals surface area contributed by atoms with Gasteiger partial charge in [-0.05, 0) is 32.2 Å². The molecular formula is C14H20F6N2O2. The summed E-state index contributed by atoms with van der Waals surface area (Å²) in [5.41, 5.74) is 0. The van der Waals surface area contributed by atoms with Crippen molar-refractivity contribution in [3.63, 3.8) is 0 Å². The number of aliphatic hydroxyl groups excluding tert-OH is 1. The first-order valence-corrected chi connectivity index (χ1v) is 7.83. The summed E-state index contributed by atoms with van der Waals surface area (Å²) in [6.07, 6.45) is -11.1. The maximum absolute atomic E-state index is 12.8. The zero-order chi connectivity index (χ0) is 18.1. The van der Waals surface area contributed by atoms with Crippen LogP contribution in [-0.2, 0) is 4.79 Å². The quantitative estimate of drug-likeness (QED) is 0.783. The molecule has 24 heavy (non-hydrogen) atoms. The van der Waals surface area contributed by atoms with Gasteiger partial charge in [-0.15, -0.1) is 0 Å². The van der Waals surface area contributed by atoms with Gasteiger partial charge in [0.15, 0.2) is 6.10 Å². The van der Waals surface area contributed by atoms with Crippen LogP contribution in [0.15, 0.2) is 0 Å². The van der Waals surface area contributed by atoms with Crippen LogP contribution in [0.2, 0.25) is 0 Å². The Morgan fingerprint density at radius 2 is 1.71 bits per heavy atom. The van der Waals surface area contributed by atoms with Gasteiger partial charge in [0.25, 0.3) is 0 Å². The topological polar surface area (TPSA) is 43.8 Å². The summed E-state index contributed by atoms with van der Waals surface area (Å²) in [4.78, 5) is 14.5. The number of alkyl halides is 6. The van der Waals surface area contributed by atoms with Crippen molar-refractivity contribution in [3.05, 3.63) is 0 Å². The minimum Gasteiger partial charge on any atom is -0.382 e. The summed E-state index contributed by atoms with van der Waals surface area (Å²) in [5.74, 6) is -2.21. The van der Waals surface area contributed by atoms with E-state index < -0.39 is 49.4 Å². The molecule has 10 heteroatoms. The molecule has 1 N–H and O–H groups in total. The second-order valence-electron chi connectivity index (χ2n) is 6.39. The summed E-state index contributed by atoms with van der Waals surface area (Å²) < 4.78 is 76.3. The van der Waals surface area contributed by atoms with Crippen molar-refractivity contribution in [2.75, 3.05) is 26.2 Å². The summed E-state index contributed by atoms with van der Waals surface area (Å²) in [6, 6.07) is -1.22. The van der Waals surface area contributed by atoms with Crippen molar-refractivity contribution < 1.29 is 36.2 Å². The Kier molecular flexibility index (Phi) is 5.68. The second kappa shape index (κ2) is 7.07. The summed E-state index contributed by atoms with van der Waals surface area (Å²) in [7, 11) is 0. The highest BCUT2D eigenvalue weighted by Gasteiger charge is 2.48. The molecule has 0 saturated carbocycles. The molecule has 0 unspecified atom stereocenters. The van der Waals surface area contributed by atoms with Crippen molar-refractivity contribution >= 4 is 5.91 Å². The first-order chi connectivity index (χ1) is 11.0. The lowest BCUT2D eigenvalue weighted by Crippen LogP contribution is -2.52. The average Bonchev–Trinajstić information content (AvgIpc) is 2.92. The maximum atomic E-state index is 12.8. The molecular weight excluding hydrogens is 342 g/mol. The van der Waals surface area contributed by atoms with E-state index in [2.05, 4.69) is 0 Å². The third kappa shape index (κ3) is 4.53. The molecule has 0 radical (unpaired) electrons. The Balaban J connectivity index is 1.96. The van der Waals surface area contributed by atoms with Crippen LogP contribution in [0.4, 0.5) is 26.3 Å². The van der Waals surface area contributed by atoms with Crippen LogP contribution in [0, 0.1) is 5.92 Å². The number of rotatable bonds is 3. The molecule has 0 bridgehead atoms. The summed E-state index contributed by atoms with van der Waals surface area (Å²) in [5, 5.41) is 9.39. The largest absolute Gasteiger partial charge is 0.415 e. The van der Waals surface area contributed by atoms with E-state index in [0.29, 0.717) is 6.42 Å². The van der Waals surface area contributed by atoms with E-state index in [4.69, 9.17) is 0 Å². The van der Waals surface area contributed by atoms with E-state index in [-0.39, 0.29) is 32.4 Å². The number of hydrogen-bond donors (Lipinski definition) is 1. The van der Waals surface area contributed by atoms with Crippen LogP contribution in [0.25, 0.3) is 0 Å². The number of piperidine rings is 1. The minimum atomic E-state index is -4.79. The lowest BCUT2D eigenvalue weighted by Gasteiger charge is -2.36. The molecule has 2 saturated heterocycles. The number of amides is 1. The number of halogens is 6. The normalized spacial score (nSPS) is 28.2. The van der Waals surface area contributed by atoms with Crippen molar-refractivity contribution in [1.29, 1.82) is 0 Å². The molecule has 2 rings (SSSR count). The molecule has 140 valence electrons. The van der Waals surface area contributed by atoms with E-state index in [1.54, 1.807) is 0 Å². The molecule has 1 amide bonds. The van der Waals surface area contributed by atoms with Crippen molar-refractivity contribution in [1.82, 2.24) is 9.80 Å². The molecule has 0 spiro atoms. The monoisotopic (exact) mass is 362 g/mol. The fourth-order valence-electron chi connectivity index (χ4n) is 3.37. The molecule has 2 heterocycles. The molecule has 4 nitrogen and oxygen atoms in total. The van der Waals surface area contributed by atoms with E-state index in [1.165, 1.54) is 4.90 Å². The van der Waals surface area contributed by atoms with Gasteiger partial charge in [0.05, 0.1) is 12.5 Å². The highest BCUT2D eigenvalue weighted by Crippen LogP contribution is 2.34. The Morgan fingerprint density at radius 3 is 2.29 bits per heavy atom. The Morgan fingerprint density at radius 1 is 1.08 bits per heavy atom. The van der Waals surface area contributed by atoms with Gasteiger partial charge < -0.3 is 10.0 Å². The van der Waals surface area contributed by atoms with E-state index >= 15 is 0 Å². The Bertz CT molecular complexity index is 454. The van der Waals surface area contributed by atoms with E-state index in [0.717, 1.165) is 4.90 Å². The lowest BCUT2D eigenvalue weighted by atomic mass is 9.97. The lowest BCUT2D eigenvalue weighted by molar-refractivity contribution is -0.219. The van der Waals surface area contributed by atoms with Gasteiger partial charge in [-0.3, -0.25) is 9.69 Å².